The molecular weight excluding hydrogens is 430 g/mol. The van der Waals surface area contributed by atoms with Gasteiger partial charge >= 0.3 is 0 Å². The standard InChI is InChI=1S/C27H29N3O2S/c1-4-6-17-29(27(32)24-16-11-18-33-24)19(3)25-28-22-14-9-8-13-21(22)26(31)30(25)23-15-10-7-12-20(23)5-2/h7-16,18-19H,4-6,17H2,1-3H3. The summed E-state index contributed by atoms with van der Waals surface area (Å²) in [5.41, 5.74) is 2.43. The molecule has 0 saturated carbocycles. The van der Waals surface area contributed by atoms with E-state index in [4.69, 9.17) is 4.98 Å². The number of thiophene rings is 1. The van der Waals surface area contributed by atoms with Gasteiger partial charge in [-0.2, -0.15) is 0 Å². The highest BCUT2D eigenvalue weighted by Crippen LogP contribution is 2.27. The van der Waals surface area contributed by atoms with E-state index in [1.165, 1.54) is 11.3 Å². The van der Waals surface area contributed by atoms with Gasteiger partial charge in [0.2, 0.25) is 0 Å². The van der Waals surface area contributed by atoms with Gasteiger partial charge in [-0.1, -0.05) is 56.7 Å². The van der Waals surface area contributed by atoms with Crippen LogP contribution in [0.15, 0.2) is 70.8 Å². The molecule has 0 aliphatic carbocycles. The van der Waals surface area contributed by atoms with Gasteiger partial charge in [0.05, 0.1) is 27.5 Å². The topological polar surface area (TPSA) is 55.2 Å². The highest BCUT2D eigenvalue weighted by atomic mass is 32.1. The second-order valence-electron chi connectivity index (χ2n) is 8.12. The molecule has 170 valence electrons. The van der Waals surface area contributed by atoms with Crippen molar-refractivity contribution < 1.29 is 4.79 Å². The van der Waals surface area contributed by atoms with Crippen LogP contribution in [0.5, 0.6) is 0 Å². The molecule has 0 bridgehead atoms. The maximum atomic E-state index is 13.8. The molecule has 6 heteroatoms. The number of para-hydroxylation sites is 2. The summed E-state index contributed by atoms with van der Waals surface area (Å²) < 4.78 is 1.71. The first kappa shape index (κ1) is 22.9. The lowest BCUT2D eigenvalue weighted by Crippen LogP contribution is -2.38. The van der Waals surface area contributed by atoms with Gasteiger partial charge in [-0.3, -0.25) is 14.2 Å². The molecule has 0 fully saturated rings. The molecule has 5 nitrogen and oxygen atoms in total. The first-order chi connectivity index (χ1) is 16.1. The Kier molecular flexibility index (Phi) is 7.04. The van der Waals surface area contributed by atoms with E-state index in [1.54, 1.807) is 4.57 Å². The van der Waals surface area contributed by atoms with Crippen LogP contribution >= 0.6 is 11.3 Å². The molecule has 2 aromatic heterocycles. The molecule has 0 spiro atoms. The zero-order chi connectivity index (χ0) is 23.4. The SMILES string of the molecule is CCCCN(C(=O)c1cccs1)C(C)c1nc2ccccc2c(=O)n1-c1ccccc1CC. The number of carbonyl (C=O) groups is 1. The van der Waals surface area contributed by atoms with Crippen LogP contribution in [0.2, 0.25) is 0 Å². The number of nitrogens with zero attached hydrogens (tertiary/aromatic N) is 3. The van der Waals surface area contributed by atoms with Gasteiger partial charge in [0.15, 0.2) is 0 Å². The summed E-state index contributed by atoms with van der Waals surface area (Å²) >= 11 is 1.44. The molecule has 0 radical (unpaired) electrons. The number of amides is 1. The van der Waals surface area contributed by atoms with Crippen LogP contribution in [0.4, 0.5) is 0 Å². The predicted octanol–water partition coefficient (Wildman–Crippen LogP) is 6.01. The molecule has 0 saturated heterocycles. The van der Waals surface area contributed by atoms with E-state index in [0.29, 0.717) is 28.1 Å². The van der Waals surface area contributed by atoms with Crippen molar-refractivity contribution in [3.05, 3.63) is 92.7 Å². The normalized spacial score (nSPS) is 12.1. The first-order valence-electron chi connectivity index (χ1n) is 11.5. The minimum Gasteiger partial charge on any atom is -0.328 e. The Morgan fingerprint density at radius 2 is 1.82 bits per heavy atom. The van der Waals surface area contributed by atoms with Crippen molar-refractivity contribution in [2.75, 3.05) is 6.54 Å². The lowest BCUT2D eigenvalue weighted by atomic mass is 10.1. The van der Waals surface area contributed by atoms with Crippen molar-refractivity contribution in [1.29, 1.82) is 0 Å². The Labute approximate surface area is 198 Å². The monoisotopic (exact) mass is 459 g/mol. The number of aromatic nitrogens is 2. The van der Waals surface area contributed by atoms with Gasteiger partial charge in [-0.25, -0.2) is 4.98 Å². The Morgan fingerprint density at radius 1 is 1.06 bits per heavy atom. The van der Waals surface area contributed by atoms with Gasteiger partial charge < -0.3 is 4.90 Å². The molecule has 2 aromatic carbocycles. The van der Waals surface area contributed by atoms with Gasteiger partial charge in [0.1, 0.15) is 5.82 Å². The van der Waals surface area contributed by atoms with Crippen LogP contribution in [0.1, 0.15) is 60.7 Å². The highest BCUT2D eigenvalue weighted by Gasteiger charge is 2.28. The Morgan fingerprint density at radius 3 is 2.55 bits per heavy atom. The smallest absolute Gasteiger partial charge is 0.266 e. The maximum Gasteiger partial charge on any atom is 0.266 e. The van der Waals surface area contributed by atoms with E-state index >= 15 is 0 Å². The molecule has 0 aliphatic rings. The van der Waals surface area contributed by atoms with Gasteiger partial charge in [0, 0.05) is 6.54 Å². The van der Waals surface area contributed by atoms with E-state index in [-0.39, 0.29) is 17.5 Å². The largest absolute Gasteiger partial charge is 0.328 e. The van der Waals surface area contributed by atoms with E-state index in [1.807, 2.05) is 77.9 Å². The zero-order valence-electron chi connectivity index (χ0n) is 19.3. The quantitative estimate of drug-likeness (QED) is 0.324. The number of hydrogen-bond acceptors (Lipinski definition) is 4. The van der Waals surface area contributed by atoms with Crippen molar-refractivity contribution >= 4 is 28.1 Å². The number of benzene rings is 2. The summed E-state index contributed by atoms with van der Waals surface area (Å²) in [6.45, 7) is 6.77. The number of hydrogen-bond donors (Lipinski definition) is 0. The molecular formula is C27H29N3O2S. The zero-order valence-corrected chi connectivity index (χ0v) is 20.1. The number of aryl methyl sites for hydroxylation is 1. The molecule has 0 aliphatic heterocycles. The van der Waals surface area contributed by atoms with Crippen molar-refractivity contribution in [2.45, 2.75) is 46.1 Å². The van der Waals surface area contributed by atoms with Crippen molar-refractivity contribution in [1.82, 2.24) is 14.5 Å². The minimum absolute atomic E-state index is 0.0244. The predicted molar refractivity (Wildman–Crippen MR) is 135 cm³/mol. The fourth-order valence-corrected chi connectivity index (χ4v) is 4.85. The summed E-state index contributed by atoms with van der Waals surface area (Å²) in [5, 5.41) is 2.49. The summed E-state index contributed by atoms with van der Waals surface area (Å²) in [6.07, 6.45) is 2.64. The van der Waals surface area contributed by atoms with E-state index in [0.717, 1.165) is 30.5 Å². The highest BCUT2D eigenvalue weighted by molar-refractivity contribution is 7.12. The molecule has 4 rings (SSSR count). The summed E-state index contributed by atoms with van der Waals surface area (Å²) in [7, 11) is 0. The van der Waals surface area contributed by atoms with Crippen LogP contribution in [0, 0.1) is 0 Å². The van der Waals surface area contributed by atoms with Crippen LogP contribution < -0.4 is 5.56 Å². The summed E-state index contributed by atoms with van der Waals surface area (Å²) in [5.74, 6) is 0.560. The Bertz CT molecular complexity index is 1310. The van der Waals surface area contributed by atoms with Crippen LogP contribution in [-0.4, -0.2) is 26.9 Å². The summed E-state index contributed by atoms with van der Waals surface area (Å²) in [6, 6.07) is 18.7. The minimum atomic E-state index is -0.381. The lowest BCUT2D eigenvalue weighted by molar-refractivity contribution is 0.0683. The van der Waals surface area contributed by atoms with Crippen molar-refractivity contribution in [3.8, 4) is 5.69 Å². The number of unbranched alkanes of at least 4 members (excludes halogenated alkanes) is 1. The summed E-state index contributed by atoms with van der Waals surface area (Å²) in [4.78, 5) is 34.8. The van der Waals surface area contributed by atoms with Crippen LogP contribution in [-0.2, 0) is 6.42 Å². The van der Waals surface area contributed by atoms with Gasteiger partial charge in [-0.05, 0) is 55.0 Å². The molecule has 2 heterocycles. The number of rotatable bonds is 8. The van der Waals surface area contributed by atoms with E-state index in [9.17, 15) is 9.59 Å². The number of carbonyl (C=O) groups excluding carboxylic acids is 1. The maximum absolute atomic E-state index is 13.8. The molecule has 1 amide bonds. The molecule has 0 N–H and O–H groups in total. The van der Waals surface area contributed by atoms with Gasteiger partial charge in [0.25, 0.3) is 11.5 Å². The fourth-order valence-electron chi connectivity index (χ4n) is 4.17. The fraction of sp³-hybridized carbons (Fsp3) is 0.296. The molecule has 33 heavy (non-hydrogen) atoms. The third kappa shape index (κ3) is 4.48. The van der Waals surface area contributed by atoms with Crippen molar-refractivity contribution in [3.63, 3.8) is 0 Å². The molecule has 1 unspecified atom stereocenters. The molecule has 4 aromatic rings. The molecule has 1 atom stereocenters. The number of fused-ring (bicyclic) bond motifs is 1. The first-order valence-corrected chi connectivity index (χ1v) is 12.4. The van der Waals surface area contributed by atoms with Crippen LogP contribution in [0.25, 0.3) is 16.6 Å². The van der Waals surface area contributed by atoms with Crippen molar-refractivity contribution in [2.24, 2.45) is 0 Å². The van der Waals surface area contributed by atoms with Gasteiger partial charge in [-0.15, -0.1) is 11.3 Å². The third-order valence-corrected chi connectivity index (χ3v) is 6.86. The van der Waals surface area contributed by atoms with Crippen LogP contribution in [0.3, 0.4) is 0 Å². The van der Waals surface area contributed by atoms with E-state index in [2.05, 4.69) is 13.8 Å². The Hall–Kier alpha value is -3.25. The second kappa shape index (κ2) is 10.1. The second-order valence-corrected chi connectivity index (χ2v) is 9.06. The third-order valence-electron chi connectivity index (χ3n) is 6.00. The average Bonchev–Trinajstić information content (AvgIpc) is 3.39. The average molecular weight is 460 g/mol. The lowest BCUT2D eigenvalue weighted by Gasteiger charge is -2.30. The van der Waals surface area contributed by atoms with E-state index < -0.39 is 0 Å². The Balaban J connectivity index is 1.94.